The van der Waals surface area contributed by atoms with Gasteiger partial charge in [0.15, 0.2) is 0 Å². The molecule has 0 saturated carbocycles. The maximum Gasteiger partial charge on any atom is 0.123 e. The van der Waals surface area contributed by atoms with E-state index in [1.165, 1.54) is 12.1 Å². The second kappa shape index (κ2) is 5.12. The van der Waals surface area contributed by atoms with Gasteiger partial charge in [0.2, 0.25) is 0 Å². The number of hydrogen-bond acceptors (Lipinski definition) is 1. The van der Waals surface area contributed by atoms with Gasteiger partial charge in [0.25, 0.3) is 0 Å². The fourth-order valence-electron chi connectivity index (χ4n) is 1.61. The van der Waals surface area contributed by atoms with Gasteiger partial charge < -0.3 is 4.98 Å². The van der Waals surface area contributed by atoms with Crippen LogP contribution < -0.4 is 0 Å². The van der Waals surface area contributed by atoms with E-state index >= 15 is 0 Å². The standard InChI is InChI=1S/C12H12ClFN2/c13-10(8-12-15-4-5-16-12)6-9-2-1-3-11(14)7-9/h1-5,7,10H,6,8H2,(H,15,16). The molecule has 0 radical (unpaired) electrons. The molecule has 0 aliphatic carbocycles. The molecule has 0 aliphatic rings. The quantitative estimate of drug-likeness (QED) is 0.816. The highest BCUT2D eigenvalue weighted by Gasteiger charge is 2.09. The van der Waals surface area contributed by atoms with Crippen molar-refractivity contribution in [2.24, 2.45) is 0 Å². The number of benzene rings is 1. The van der Waals surface area contributed by atoms with Crippen LogP contribution in [-0.4, -0.2) is 15.3 Å². The Labute approximate surface area is 98.5 Å². The van der Waals surface area contributed by atoms with E-state index in [-0.39, 0.29) is 11.2 Å². The van der Waals surface area contributed by atoms with E-state index in [9.17, 15) is 4.39 Å². The number of nitrogens with zero attached hydrogens (tertiary/aromatic N) is 1. The van der Waals surface area contributed by atoms with Crippen molar-refractivity contribution in [1.82, 2.24) is 9.97 Å². The maximum absolute atomic E-state index is 12.9. The van der Waals surface area contributed by atoms with Crippen molar-refractivity contribution in [2.75, 3.05) is 0 Å². The molecule has 0 spiro atoms. The molecule has 1 heterocycles. The monoisotopic (exact) mass is 238 g/mol. The van der Waals surface area contributed by atoms with Crippen molar-refractivity contribution in [1.29, 1.82) is 0 Å². The molecule has 0 fully saturated rings. The molecule has 1 aromatic heterocycles. The van der Waals surface area contributed by atoms with Crippen LogP contribution in [0, 0.1) is 5.82 Å². The number of nitrogens with one attached hydrogen (secondary N) is 1. The first-order valence-electron chi connectivity index (χ1n) is 5.11. The minimum absolute atomic E-state index is 0.0760. The number of H-pyrrole nitrogens is 1. The first kappa shape index (κ1) is 11.1. The summed E-state index contributed by atoms with van der Waals surface area (Å²) in [6.07, 6.45) is 4.76. The van der Waals surface area contributed by atoms with Gasteiger partial charge in [-0.25, -0.2) is 9.37 Å². The zero-order chi connectivity index (χ0) is 11.4. The van der Waals surface area contributed by atoms with Gasteiger partial charge in [-0.05, 0) is 24.1 Å². The molecule has 1 aromatic carbocycles. The molecule has 2 nitrogen and oxygen atoms in total. The number of hydrogen-bond donors (Lipinski definition) is 1. The van der Waals surface area contributed by atoms with Crippen LogP contribution in [0.15, 0.2) is 36.7 Å². The number of aromatic nitrogens is 2. The lowest BCUT2D eigenvalue weighted by Crippen LogP contribution is -2.08. The van der Waals surface area contributed by atoms with E-state index in [0.717, 1.165) is 11.4 Å². The Bertz CT molecular complexity index is 442. The Morgan fingerprint density at radius 2 is 2.25 bits per heavy atom. The second-order valence-electron chi connectivity index (χ2n) is 3.67. The van der Waals surface area contributed by atoms with Gasteiger partial charge in [0.05, 0.1) is 0 Å². The van der Waals surface area contributed by atoms with Gasteiger partial charge in [-0.1, -0.05) is 12.1 Å². The van der Waals surface area contributed by atoms with Crippen LogP contribution in [0.1, 0.15) is 11.4 Å². The molecule has 0 saturated heterocycles. The average Bonchev–Trinajstić information content (AvgIpc) is 2.70. The minimum Gasteiger partial charge on any atom is -0.349 e. The lowest BCUT2D eigenvalue weighted by Gasteiger charge is -2.07. The van der Waals surface area contributed by atoms with E-state index < -0.39 is 0 Å². The van der Waals surface area contributed by atoms with Gasteiger partial charge >= 0.3 is 0 Å². The van der Waals surface area contributed by atoms with Crippen LogP contribution in [0.5, 0.6) is 0 Å². The van der Waals surface area contributed by atoms with Crippen molar-refractivity contribution < 1.29 is 4.39 Å². The first-order valence-corrected chi connectivity index (χ1v) is 5.54. The Kier molecular flexibility index (Phi) is 3.57. The van der Waals surface area contributed by atoms with Crippen LogP contribution in [0.4, 0.5) is 4.39 Å². The van der Waals surface area contributed by atoms with E-state index in [2.05, 4.69) is 9.97 Å². The highest BCUT2D eigenvalue weighted by Crippen LogP contribution is 2.12. The predicted octanol–water partition coefficient (Wildman–Crippen LogP) is 2.94. The van der Waals surface area contributed by atoms with Crippen molar-refractivity contribution >= 4 is 11.6 Å². The summed E-state index contributed by atoms with van der Waals surface area (Å²) in [5, 5.41) is -0.0760. The smallest absolute Gasteiger partial charge is 0.123 e. The molecule has 1 N–H and O–H groups in total. The normalized spacial score (nSPS) is 12.6. The summed E-state index contributed by atoms with van der Waals surface area (Å²) in [6, 6.07) is 6.51. The van der Waals surface area contributed by atoms with Gasteiger partial charge in [0.1, 0.15) is 11.6 Å². The van der Waals surface area contributed by atoms with E-state index in [1.54, 1.807) is 18.5 Å². The zero-order valence-electron chi connectivity index (χ0n) is 8.66. The number of aromatic amines is 1. The highest BCUT2D eigenvalue weighted by atomic mass is 35.5. The largest absolute Gasteiger partial charge is 0.349 e. The summed E-state index contributed by atoms with van der Waals surface area (Å²) in [4.78, 5) is 7.10. The number of imidazole rings is 1. The van der Waals surface area contributed by atoms with Crippen molar-refractivity contribution in [3.05, 3.63) is 53.9 Å². The Balaban J connectivity index is 1.94. The average molecular weight is 239 g/mol. The molecule has 1 unspecified atom stereocenters. The molecule has 4 heteroatoms. The van der Waals surface area contributed by atoms with Crippen LogP contribution in [-0.2, 0) is 12.8 Å². The van der Waals surface area contributed by atoms with Crippen LogP contribution in [0.25, 0.3) is 0 Å². The topological polar surface area (TPSA) is 28.7 Å². The van der Waals surface area contributed by atoms with Crippen molar-refractivity contribution in [3.8, 4) is 0 Å². The third-order valence-electron chi connectivity index (χ3n) is 2.32. The Hall–Kier alpha value is -1.35. The molecule has 2 rings (SSSR count). The highest BCUT2D eigenvalue weighted by molar-refractivity contribution is 6.20. The minimum atomic E-state index is -0.223. The fourth-order valence-corrected chi connectivity index (χ4v) is 1.94. The zero-order valence-corrected chi connectivity index (χ0v) is 9.41. The van der Waals surface area contributed by atoms with Crippen LogP contribution in [0.2, 0.25) is 0 Å². The van der Waals surface area contributed by atoms with Gasteiger partial charge in [-0.2, -0.15) is 0 Å². The van der Waals surface area contributed by atoms with Crippen LogP contribution in [0.3, 0.4) is 0 Å². The summed E-state index contributed by atoms with van der Waals surface area (Å²) in [5.74, 6) is 0.635. The lowest BCUT2D eigenvalue weighted by molar-refractivity contribution is 0.624. The predicted molar refractivity (Wildman–Crippen MR) is 62.0 cm³/mol. The van der Waals surface area contributed by atoms with Crippen LogP contribution >= 0.6 is 11.6 Å². The third-order valence-corrected chi connectivity index (χ3v) is 2.62. The molecule has 0 amide bonds. The lowest BCUT2D eigenvalue weighted by atomic mass is 10.1. The number of halogens is 2. The molecule has 16 heavy (non-hydrogen) atoms. The van der Waals surface area contributed by atoms with E-state index in [4.69, 9.17) is 11.6 Å². The van der Waals surface area contributed by atoms with Crippen molar-refractivity contribution in [2.45, 2.75) is 18.2 Å². The number of rotatable bonds is 4. The maximum atomic E-state index is 12.9. The molecule has 2 aromatic rings. The SMILES string of the molecule is Fc1cccc(CC(Cl)Cc2ncc[nH]2)c1. The second-order valence-corrected chi connectivity index (χ2v) is 4.29. The van der Waals surface area contributed by atoms with Gasteiger partial charge in [-0.15, -0.1) is 11.6 Å². The van der Waals surface area contributed by atoms with E-state index in [1.807, 2.05) is 6.07 Å². The summed E-state index contributed by atoms with van der Waals surface area (Å²) < 4.78 is 12.9. The Morgan fingerprint density at radius 3 is 2.94 bits per heavy atom. The first-order chi connectivity index (χ1) is 7.74. The fraction of sp³-hybridized carbons (Fsp3) is 0.250. The molecule has 0 bridgehead atoms. The van der Waals surface area contributed by atoms with E-state index in [0.29, 0.717) is 12.8 Å². The number of alkyl halides is 1. The molecule has 84 valence electrons. The third kappa shape index (κ3) is 3.07. The molecule has 1 atom stereocenters. The van der Waals surface area contributed by atoms with Gasteiger partial charge in [-0.3, -0.25) is 0 Å². The van der Waals surface area contributed by atoms with Crippen molar-refractivity contribution in [3.63, 3.8) is 0 Å². The summed E-state index contributed by atoms with van der Waals surface area (Å²) in [5.41, 5.74) is 0.909. The summed E-state index contributed by atoms with van der Waals surface area (Å²) >= 11 is 6.18. The Morgan fingerprint density at radius 1 is 1.38 bits per heavy atom. The molecule has 0 aliphatic heterocycles. The molecular weight excluding hydrogens is 227 g/mol. The summed E-state index contributed by atoms with van der Waals surface area (Å²) in [7, 11) is 0. The molecular formula is C12H12ClFN2. The van der Waals surface area contributed by atoms with Gasteiger partial charge in [0, 0.05) is 24.2 Å². The summed E-state index contributed by atoms with van der Waals surface area (Å²) in [6.45, 7) is 0.